The molecule has 0 saturated carbocycles. The number of unbranched alkanes of at least 4 members (excludes halogenated alkanes) is 2. The van der Waals surface area contributed by atoms with Crippen molar-refractivity contribution in [3.8, 4) is 6.07 Å². The lowest BCUT2D eigenvalue weighted by Gasteiger charge is -2.34. The highest BCUT2D eigenvalue weighted by atomic mass is 16.4. The van der Waals surface area contributed by atoms with Crippen LogP contribution < -0.4 is 5.32 Å². The van der Waals surface area contributed by atoms with Gasteiger partial charge in [-0.3, -0.25) is 14.5 Å². The molecular formula is C21H28N4O3. The van der Waals surface area contributed by atoms with Gasteiger partial charge in [-0.15, -0.1) is 0 Å². The van der Waals surface area contributed by atoms with Crippen LogP contribution in [0.15, 0.2) is 42.1 Å². The Hall–Kier alpha value is -2.85. The number of carbonyl (C=O) groups excluding carboxylic acids is 1. The summed E-state index contributed by atoms with van der Waals surface area (Å²) in [5, 5.41) is 20.9. The minimum atomic E-state index is -0.783. The first kappa shape index (κ1) is 21.5. The standard InChI is InChI=1S/C21H28N4O3/c22-15-19(16-23-10-6-2-5-9-20(26)27)21(28)25-13-11-24(12-14-25)17-18-7-3-1-4-8-18/h1,3-4,7-8,16,23H,2,5-6,9-14,17H2,(H,26,27)/b19-16-. The molecule has 1 saturated heterocycles. The maximum absolute atomic E-state index is 12.5. The lowest BCUT2D eigenvalue weighted by molar-refractivity contribution is -0.137. The van der Waals surface area contributed by atoms with Crippen LogP contribution in [0, 0.1) is 11.3 Å². The van der Waals surface area contributed by atoms with Crippen LogP contribution in [0.25, 0.3) is 0 Å². The molecule has 1 aromatic rings. The molecule has 1 aliphatic heterocycles. The van der Waals surface area contributed by atoms with E-state index in [0.717, 1.165) is 32.5 Å². The van der Waals surface area contributed by atoms with Gasteiger partial charge in [0.2, 0.25) is 0 Å². The molecule has 150 valence electrons. The molecule has 0 aromatic heterocycles. The zero-order valence-electron chi connectivity index (χ0n) is 16.1. The van der Waals surface area contributed by atoms with Crippen molar-refractivity contribution in [3.05, 3.63) is 47.7 Å². The Kier molecular flexibility index (Phi) is 9.02. The lowest BCUT2D eigenvalue weighted by atomic mass is 10.2. The third-order valence-electron chi connectivity index (χ3n) is 4.72. The van der Waals surface area contributed by atoms with E-state index in [1.165, 1.54) is 11.8 Å². The van der Waals surface area contributed by atoms with Crippen LogP contribution in [0.5, 0.6) is 0 Å². The van der Waals surface area contributed by atoms with Gasteiger partial charge >= 0.3 is 5.97 Å². The number of nitriles is 1. The van der Waals surface area contributed by atoms with Crippen molar-refractivity contribution in [2.45, 2.75) is 32.2 Å². The highest BCUT2D eigenvalue weighted by Gasteiger charge is 2.23. The highest BCUT2D eigenvalue weighted by Crippen LogP contribution is 2.10. The number of benzene rings is 1. The Morgan fingerprint density at radius 2 is 1.82 bits per heavy atom. The van der Waals surface area contributed by atoms with E-state index in [0.29, 0.717) is 26.1 Å². The first-order valence-corrected chi connectivity index (χ1v) is 9.71. The minimum Gasteiger partial charge on any atom is -0.481 e. The Bertz CT molecular complexity index is 704. The number of nitrogens with one attached hydrogen (secondary N) is 1. The Labute approximate surface area is 166 Å². The summed E-state index contributed by atoms with van der Waals surface area (Å²) in [5.41, 5.74) is 1.37. The van der Waals surface area contributed by atoms with Gasteiger partial charge in [0.15, 0.2) is 0 Å². The molecule has 1 heterocycles. The predicted octanol–water partition coefficient (Wildman–Crippen LogP) is 1.97. The monoisotopic (exact) mass is 384 g/mol. The number of rotatable bonds is 10. The fourth-order valence-electron chi connectivity index (χ4n) is 3.12. The average Bonchev–Trinajstić information content (AvgIpc) is 2.71. The lowest BCUT2D eigenvalue weighted by Crippen LogP contribution is -2.48. The number of carbonyl (C=O) groups is 2. The van der Waals surface area contributed by atoms with E-state index in [-0.39, 0.29) is 17.9 Å². The van der Waals surface area contributed by atoms with Gasteiger partial charge in [0.1, 0.15) is 11.6 Å². The zero-order chi connectivity index (χ0) is 20.2. The molecule has 2 rings (SSSR count). The van der Waals surface area contributed by atoms with Crippen LogP contribution in [0.1, 0.15) is 31.2 Å². The molecule has 0 unspecified atom stereocenters. The normalized spacial score (nSPS) is 15.1. The zero-order valence-corrected chi connectivity index (χ0v) is 16.1. The fourth-order valence-corrected chi connectivity index (χ4v) is 3.12. The van der Waals surface area contributed by atoms with Crippen molar-refractivity contribution >= 4 is 11.9 Å². The summed E-state index contributed by atoms with van der Waals surface area (Å²) in [6, 6.07) is 12.2. The molecule has 0 spiro atoms. The molecule has 7 nitrogen and oxygen atoms in total. The van der Waals surface area contributed by atoms with Gasteiger partial charge < -0.3 is 15.3 Å². The van der Waals surface area contributed by atoms with Crippen LogP contribution in [0.3, 0.4) is 0 Å². The van der Waals surface area contributed by atoms with Crippen molar-refractivity contribution in [2.75, 3.05) is 32.7 Å². The Balaban J connectivity index is 1.71. The van der Waals surface area contributed by atoms with Crippen LogP contribution in [-0.2, 0) is 16.1 Å². The largest absolute Gasteiger partial charge is 0.481 e. The number of aliphatic carboxylic acids is 1. The molecule has 7 heteroatoms. The van der Waals surface area contributed by atoms with Crippen molar-refractivity contribution in [1.82, 2.24) is 15.1 Å². The number of carboxylic acid groups (broad SMARTS) is 1. The van der Waals surface area contributed by atoms with E-state index in [2.05, 4.69) is 22.3 Å². The molecule has 1 aromatic carbocycles. The molecule has 0 radical (unpaired) electrons. The van der Waals surface area contributed by atoms with E-state index in [9.17, 15) is 14.9 Å². The SMILES string of the molecule is N#C/C(=C/NCCCCCC(=O)O)C(=O)N1CCN(Cc2ccccc2)CC1. The maximum atomic E-state index is 12.5. The number of carboxylic acids is 1. The topological polar surface area (TPSA) is 96.7 Å². The van der Waals surface area contributed by atoms with E-state index in [1.807, 2.05) is 24.3 Å². The quantitative estimate of drug-likeness (QED) is 0.364. The average molecular weight is 384 g/mol. The third kappa shape index (κ3) is 7.41. The smallest absolute Gasteiger partial charge is 0.303 e. The summed E-state index contributed by atoms with van der Waals surface area (Å²) in [4.78, 5) is 27.0. The van der Waals surface area contributed by atoms with Gasteiger partial charge in [-0.05, 0) is 18.4 Å². The second kappa shape index (κ2) is 11.8. The summed E-state index contributed by atoms with van der Waals surface area (Å²) in [7, 11) is 0. The van der Waals surface area contributed by atoms with Crippen molar-refractivity contribution in [1.29, 1.82) is 5.26 Å². The second-order valence-electron chi connectivity index (χ2n) is 6.88. The number of piperazine rings is 1. The molecule has 1 aliphatic rings. The summed E-state index contributed by atoms with van der Waals surface area (Å²) in [6.45, 7) is 4.28. The molecule has 1 fully saturated rings. The van der Waals surface area contributed by atoms with E-state index < -0.39 is 5.97 Å². The van der Waals surface area contributed by atoms with Gasteiger partial charge in [-0.2, -0.15) is 5.26 Å². The third-order valence-corrected chi connectivity index (χ3v) is 4.72. The number of amides is 1. The second-order valence-corrected chi connectivity index (χ2v) is 6.88. The van der Waals surface area contributed by atoms with Crippen LogP contribution in [0.4, 0.5) is 0 Å². The van der Waals surface area contributed by atoms with Gasteiger partial charge in [-0.25, -0.2) is 0 Å². The van der Waals surface area contributed by atoms with E-state index in [4.69, 9.17) is 5.11 Å². The van der Waals surface area contributed by atoms with Crippen LogP contribution in [0.2, 0.25) is 0 Å². The van der Waals surface area contributed by atoms with E-state index >= 15 is 0 Å². The summed E-state index contributed by atoms with van der Waals surface area (Å²) in [6.07, 6.45) is 3.89. The summed E-state index contributed by atoms with van der Waals surface area (Å²) < 4.78 is 0. The number of hydrogen-bond donors (Lipinski definition) is 2. The van der Waals surface area contributed by atoms with Gasteiger partial charge in [0, 0.05) is 51.9 Å². The minimum absolute atomic E-state index is 0.113. The first-order chi connectivity index (χ1) is 13.6. The fraction of sp³-hybridized carbons (Fsp3) is 0.476. The van der Waals surface area contributed by atoms with Crippen molar-refractivity contribution < 1.29 is 14.7 Å². The molecule has 0 bridgehead atoms. The summed E-state index contributed by atoms with van der Waals surface area (Å²) >= 11 is 0. The molecule has 0 aliphatic carbocycles. The van der Waals surface area contributed by atoms with Crippen molar-refractivity contribution in [2.24, 2.45) is 0 Å². The first-order valence-electron chi connectivity index (χ1n) is 9.71. The van der Waals surface area contributed by atoms with Gasteiger partial charge in [0.25, 0.3) is 5.91 Å². The Morgan fingerprint density at radius 3 is 2.46 bits per heavy atom. The highest BCUT2D eigenvalue weighted by molar-refractivity contribution is 5.97. The maximum Gasteiger partial charge on any atom is 0.303 e. The number of nitrogens with zero attached hydrogens (tertiary/aromatic N) is 3. The number of hydrogen-bond acceptors (Lipinski definition) is 5. The summed E-state index contributed by atoms with van der Waals surface area (Å²) in [5.74, 6) is -1.02. The Morgan fingerprint density at radius 1 is 1.11 bits per heavy atom. The van der Waals surface area contributed by atoms with Gasteiger partial charge in [-0.1, -0.05) is 36.8 Å². The predicted molar refractivity (Wildman–Crippen MR) is 106 cm³/mol. The van der Waals surface area contributed by atoms with Gasteiger partial charge in [0.05, 0.1) is 0 Å². The van der Waals surface area contributed by atoms with E-state index in [1.54, 1.807) is 4.90 Å². The van der Waals surface area contributed by atoms with Crippen molar-refractivity contribution in [3.63, 3.8) is 0 Å². The molecular weight excluding hydrogens is 356 g/mol. The molecule has 0 atom stereocenters. The molecule has 2 N–H and O–H groups in total. The molecule has 28 heavy (non-hydrogen) atoms. The van der Waals surface area contributed by atoms with Crippen LogP contribution in [-0.4, -0.2) is 59.5 Å². The molecule has 1 amide bonds. The van der Waals surface area contributed by atoms with Crippen LogP contribution >= 0.6 is 0 Å².